The minimum absolute atomic E-state index is 0.107. The molecule has 1 amide bonds. The molecule has 2 bridgehead atoms. The summed E-state index contributed by atoms with van der Waals surface area (Å²) in [5.41, 5.74) is 0. The number of hydrogen-bond acceptors (Lipinski definition) is 1. The maximum atomic E-state index is 10.8. The van der Waals surface area contributed by atoms with Crippen molar-refractivity contribution in [1.82, 2.24) is 5.32 Å². The van der Waals surface area contributed by atoms with E-state index in [1.165, 1.54) is 12.8 Å². The van der Waals surface area contributed by atoms with Crippen LogP contribution >= 0.6 is 0 Å². The van der Waals surface area contributed by atoms with E-state index in [1.807, 2.05) is 0 Å². The molecule has 2 aliphatic carbocycles. The fourth-order valence-electron chi connectivity index (χ4n) is 2.23. The van der Waals surface area contributed by atoms with Crippen molar-refractivity contribution in [2.24, 2.45) is 11.8 Å². The number of carbonyl (C=O) groups is 1. The zero-order valence-corrected chi connectivity index (χ0v) is 6.71. The molecule has 0 radical (unpaired) electrons. The van der Waals surface area contributed by atoms with Gasteiger partial charge in [-0.05, 0) is 24.7 Å². The number of fused-ring (bicyclic) bond motifs is 2. The summed E-state index contributed by atoms with van der Waals surface area (Å²) < 4.78 is 0. The van der Waals surface area contributed by atoms with Gasteiger partial charge in [0, 0.05) is 13.0 Å². The monoisotopic (exact) mass is 151 g/mol. The molecule has 0 aromatic heterocycles. The van der Waals surface area contributed by atoms with E-state index < -0.39 is 0 Å². The van der Waals surface area contributed by atoms with Gasteiger partial charge in [0.05, 0.1) is 0 Å². The summed E-state index contributed by atoms with van der Waals surface area (Å²) >= 11 is 0. The molecule has 3 atom stereocenters. The molecule has 1 N–H and O–H groups in total. The SMILES string of the molecule is CC(=O)NC1[C@@H]2C=C[C@H]1CC2. The Bertz CT molecular complexity index is 196. The molecule has 1 fully saturated rings. The van der Waals surface area contributed by atoms with Crippen LogP contribution in [0.25, 0.3) is 0 Å². The van der Waals surface area contributed by atoms with Gasteiger partial charge in [0.15, 0.2) is 0 Å². The van der Waals surface area contributed by atoms with Crippen molar-refractivity contribution < 1.29 is 4.79 Å². The van der Waals surface area contributed by atoms with Gasteiger partial charge in [-0.1, -0.05) is 12.2 Å². The van der Waals surface area contributed by atoms with Crippen LogP contribution in [0.5, 0.6) is 0 Å². The van der Waals surface area contributed by atoms with Gasteiger partial charge in [0.25, 0.3) is 0 Å². The molecular formula is C9H13NO. The molecule has 0 aromatic carbocycles. The Balaban J connectivity index is 2.02. The van der Waals surface area contributed by atoms with Gasteiger partial charge >= 0.3 is 0 Å². The highest BCUT2D eigenvalue weighted by Crippen LogP contribution is 2.38. The Morgan fingerprint density at radius 1 is 1.36 bits per heavy atom. The Labute approximate surface area is 66.7 Å². The third-order valence-electron chi connectivity index (χ3n) is 2.73. The van der Waals surface area contributed by atoms with Crippen LogP contribution in [0.1, 0.15) is 19.8 Å². The molecule has 2 aliphatic rings. The standard InChI is InChI=1S/C9H13NO/c1-6(11)10-9-7-2-3-8(9)5-4-7/h2-3,7-9H,4-5H2,1H3,(H,10,11)/t7-,8+,9?. The van der Waals surface area contributed by atoms with Crippen LogP contribution in [0.3, 0.4) is 0 Å². The van der Waals surface area contributed by atoms with Gasteiger partial charge < -0.3 is 5.32 Å². The summed E-state index contributed by atoms with van der Waals surface area (Å²) in [5, 5.41) is 3.00. The minimum atomic E-state index is 0.107. The zero-order valence-electron chi connectivity index (χ0n) is 6.71. The van der Waals surface area contributed by atoms with Crippen molar-refractivity contribution in [2.75, 3.05) is 0 Å². The normalized spacial score (nSPS) is 39.5. The zero-order chi connectivity index (χ0) is 7.84. The Kier molecular flexibility index (Phi) is 1.48. The quantitative estimate of drug-likeness (QED) is 0.558. The molecule has 0 spiro atoms. The Morgan fingerprint density at radius 2 is 1.91 bits per heavy atom. The summed E-state index contributed by atoms with van der Waals surface area (Å²) in [4.78, 5) is 10.8. The number of amides is 1. The molecule has 2 heteroatoms. The molecule has 0 aliphatic heterocycles. The van der Waals surface area contributed by atoms with E-state index in [2.05, 4.69) is 17.5 Å². The van der Waals surface area contributed by atoms with Gasteiger partial charge in [-0.2, -0.15) is 0 Å². The molecule has 11 heavy (non-hydrogen) atoms. The van der Waals surface area contributed by atoms with Crippen molar-refractivity contribution in [3.63, 3.8) is 0 Å². The van der Waals surface area contributed by atoms with Crippen LogP contribution in [0.2, 0.25) is 0 Å². The van der Waals surface area contributed by atoms with Crippen LogP contribution < -0.4 is 5.32 Å². The Morgan fingerprint density at radius 3 is 2.27 bits per heavy atom. The first-order chi connectivity index (χ1) is 5.27. The largest absolute Gasteiger partial charge is 0.352 e. The van der Waals surface area contributed by atoms with Gasteiger partial charge in [0.2, 0.25) is 5.91 Å². The fraction of sp³-hybridized carbons (Fsp3) is 0.667. The molecule has 1 saturated carbocycles. The van der Waals surface area contributed by atoms with Crippen LogP contribution in [0.4, 0.5) is 0 Å². The van der Waals surface area contributed by atoms with Crippen molar-refractivity contribution >= 4 is 5.91 Å². The second kappa shape index (κ2) is 2.36. The molecular weight excluding hydrogens is 138 g/mol. The Hall–Kier alpha value is -0.790. The van der Waals surface area contributed by atoms with Crippen LogP contribution in [0, 0.1) is 11.8 Å². The third kappa shape index (κ3) is 1.06. The first kappa shape index (κ1) is 6.89. The minimum Gasteiger partial charge on any atom is -0.352 e. The maximum absolute atomic E-state index is 10.8. The lowest BCUT2D eigenvalue weighted by atomic mass is 10.1. The maximum Gasteiger partial charge on any atom is 0.217 e. The highest BCUT2D eigenvalue weighted by molar-refractivity contribution is 5.73. The van der Waals surface area contributed by atoms with E-state index >= 15 is 0 Å². The summed E-state index contributed by atoms with van der Waals surface area (Å²) in [6, 6.07) is 0.424. The molecule has 0 saturated heterocycles. The van der Waals surface area contributed by atoms with Crippen LogP contribution in [0.15, 0.2) is 12.2 Å². The molecule has 1 unspecified atom stereocenters. The van der Waals surface area contributed by atoms with Gasteiger partial charge in [-0.25, -0.2) is 0 Å². The second-order valence-electron chi connectivity index (χ2n) is 3.52. The van der Waals surface area contributed by atoms with Crippen LogP contribution in [-0.4, -0.2) is 11.9 Å². The number of carbonyl (C=O) groups excluding carboxylic acids is 1. The molecule has 0 heterocycles. The highest BCUT2D eigenvalue weighted by atomic mass is 16.1. The van der Waals surface area contributed by atoms with E-state index in [-0.39, 0.29) is 5.91 Å². The van der Waals surface area contributed by atoms with Crippen LogP contribution in [-0.2, 0) is 4.79 Å². The smallest absolute Gasteiger partial charge is 0.217 e. The average Bonchev–Trinajstić information content (AvgIpc) is 2.48. The predicted molar refractivity (Wildman–Crippen MR) is 43.0 cm³/mol. The first-order valence-corrected chi connectivity index (χ1v) is 4.23. The van der Waals surface area contributed by atoms with Crippen molar-refractivity contribution in [2.45, 2.75) is 25.8 Å². The lowest BCUT2D eigenvalue weighted by Crippen LogP contribution is -2.36. The average molecular weight is 151 g/mol. The van der Waals surface area contributed by atoms with Gasteiger partial charge in [-0.3, -0.25) is 4.79 Å². The van der Waals surface area contributed by atoms with Gasteiger partial charge in [0.1, 0.15) is 0 Å². The number of hydrogen-bond donors (Lipinski definition) is 1. The molecule has 2 rings (SSSR count). The highest BCUT2D eigenvalue weighted by Gasteiger charge is 2.37. The molecule has 0 aromatic rings. The van der Waals surface area contributed by atoms with E-state index in [9.17, 15) is 4.79 Å². The lowest BCUT2D eigenvalue weighted by Gasteiger charge is -2.15. The van der Waals surface area contributed by atoms with E-state index in [1.54, 1.807) is 6.92 Å². The van der Waals surface area contributed by atoms with Crippen molar-refractivity contribution in [3.05, 3.63) is 12.2 Å². The second-order valence-corrected chi connectivity index (χ2v) is 3.52. The summed E-state index contributed by atoms with van der Waals surface area (Å²) in [7, 11) is 0. The third-order valence-corrected chi connectivity index (χ3v) is 2.73. The van der Waals surface area contributed by atoms with Crippen molar-refractivity contribution in [1.29, 1.82) is 0 Å². The molecule has 60 valence electrons. The lowest BCUT2D eigenvalue weighted by molar-refractivity contribution is -0.119. The molecule has 2 nitrogen and oxygen atoms in total. The van der Waals surface area contributed by atoms with E-state index in [0.717, 1.165) is 0 Å². The number of nitrogens with one attached hydrogen (secondary N) is 1. The summed E-state index contributed by atoms with van der Waals surface area (Å²) in [6.07, 6.45) is 7.00. The topological polar surface area (TPSA) is 29.1 Å². The summed E-state index contributed by atoms with van der Waals surface area (Å²) in [6.45, 7) is 1.60. The first-order valence-electron chi connectivity index (χ1n) is 4.23. The predicted octanol–water partition coefficient (Wildman–Crippen LogP) is 1.09. The van der Waals surface area contributed by atoms with E-state index in [0.29, 0.717) is 17.9 Å². The number of rotatable bonds is 1. The summed E-state index contributed by atoms with van der Waals surface area (Å²) in [5.74, 6) is 1.36. The fourth-order valence-corrected chi connectivity index (χ4v) is 2.23. The van der Waals surface area contributed by atoms with Crippen molar-refractivity contribution in [3.8, 4) is 0 Å². The van der Waals surface area contributed by atoms with Gasteiger partial charge in [-0.15, -0.1) is 0 Å². The van der Waals surface area contributed by atoms with E-state index in [4.69, 9.17) is 0 Å².